The van der Waals surface area contributed by atoms with Crippen LogP contribution in [0.1, 0.15) is 19.4 Å². The van der Waals surface area contributed by atoms with Gasteiger partial charge in [-0.2, -0.15) is 10.2 Å². The lowest BCUT2D eigenvalue weighted by Gasteiger charge is -2.01. The first-order valence-electron chi connectivity index (χ1n) is 5.91. The minimum Gasteiger partial charge on any atom is -0.461 e. The number of oxime groups is 1. The van der Waals surface area contributed by atoms with Gasteiger partial charge in [-0.15, -0.1) is 0 Å². The summed E-state index contributed by atoms with van der Waals surface area (Å²) in [6.07, 6.45) is 1.39. The predicted octanol–water partition coefficient (Wildman–Crippen LogP) is 3.18. The van der Waals surface area contributed by atoms with E-state index in [0.717, 1.165) is 0 Å². The molecule has 1 rings (SSSR count). The first kappa shape index (κ1) is 17.1. The van der Waals surface area contributed by atoms with Crippen LogP contribution in [0.5, 0.6) is 0 Å². The van der Waals surface area contributed by atoms with Crippen molar-refractivity contribution in [1.82, 2.24) is 0 Å². The number of rotatable bonds is 5. The molecule has 0 aliphatic rings. The van der Waals surface area contributed by atoms with Crippen molar-refractivity contribution in [3.05, 3.63) is 33.8 Å². The number of hydrogen-bond acceptors (Lipinski definition) is 6. The second-order valence-electron chi connectivity index (χ2n) is 3.76. The Kier molecular flexibility index (Phi) is 6.84. The van der Waals surface area contributed by atoms with Gasteiger partial charge in [0.2, 0.25) is 5.71 Å². The zero-order chi connectivity index (χ0) is 15.8. The fraction of sp³-hybridized carbons (Fsp3) is 0.231. The smallest absolute Gasteiger partial charge is 0.362 e. The van der Waals surface area contributed by atoms with E-state index in [1.54, 1.807) is 25.1 Å². The molecule has 0 bridgehead atoms. The predicted molar refractivity (Wildman–Crippen MR) is 83.0 cm³/mol. The maximum Gasteiger partial charge on any atom is 0.362 e. The van der Waals surface area contributed by atoms with Crippen LogP contribution >= 0.6 is 23.2 Å². The maximum absolute atomic E-state index is 11.5. The molecule has 6 nitrogen and oxygen atoms in total. The molecule has 1 aromatic carbocycles. The summed E-state index contributed by atoms with van der Waals surface area (Å²) in [6, 6.07) is 4.90. The highest BCUT2D eigenvalue weighted by atomic mass is 35.5. The first-order valence-corrected chi connectivity index (χ1v) is 6.67. The Morgan fingerprint density at radius 3 is 2.71 bits per heavy atom. The van der Waals surface area contributed by atoms with Gasteiger partial charge in [-0.25, -0.2) is 4.79 Å². The van der Waals surface area contributed by atoms with Crippen molar-refractivity contribution < 1.29 is 14.7 Å². The molecule has 0 aliphatic carbocycles. The van der Waals surface area contributed by atoms with E-state index in [1.165, 1.54) is 13.1 Å². The Bertz CT molecular complexity index is 613. The maximum atomic E-state index is 11.5. The number of nitrogens with zero attached hydrogens (tertiary/aromatic N) is 3. The molecule has 0 atom stereocenters. The Morgan fingerprint density at radius 1 is 1.43 bits per heavy atom. The third kappa shape index (κ3) is 5.17. The SMILES string of the molecule is CCOC(=O)C(=N\O)/C(C)=N\N=C\c1ccc(Cl)cc1Cl. The van der Waals surface area contributed by atoms with E-state index in [4.69, 9.17) is 33.1 Å². The highest BCUT2D eigenvalue weighted by Crippen LogP contribution is 2.19. The summed E-state index contributed by atoms with van der Waals surface area (Å²) in [5, 5.41) is 20.1. The molecule has 0 amide bonds. The van der Waals surface area contributed by atoms with E-state index in [1.807, 2.05) is 0 Å². The second kappa shape index (κ2) is 8.39. The van der Waals surface area contributed by atoms with Gasteiger partial charge in [0.05, 0.1) is 23.6 Å². The van der Waals surface area contributed by atoms with Crippen LogP contribution in [0.15, 0.2) is 33.6 Å². The van der Waals surface area contributed by atoms with Gasteiger partial charge in [0.25, 0.3) is 0 Å². The number of carbonyl (C=O) groups excluding carboxylic acids is 1. The van der Waals surface area contributed by atoms with Gasteiger partial charge in [0.15, 0.2) is 0 Å². The van der Waals surface area contributed by atoms with Crippen LogP contribution in [-0.2, 0) is 9.53 Å². The summed E-state index contributed by atoms with van der Waals surface area (Å²) < 4.78 is 4.71. The van der Waals surface area contributed by atoms with E-state index in [-0.39, 0.29) is 18.0 Å². The van der Waals surface area contributed by atoms with Crippen LogP contribution in [0.25, 0.3) is 0 Å². The molecule has 0 aromatic heterocycles. The van der Waals surface area contributed by atoms with Gasteiger partial charge < -0.3 is 9.94 Å². The highest BCUT2D eigenvalue weighted by Gasteiger charge is 2.16. The molecule has 21 heavy (non-hydrogen) atoms. The summed E-state index contributed by atoms with van der Waals surface area (Å²) in [4.78, 5) is 11.5. The van der Waals surface area contributed by atoms with Gasteiger partial charge in [-0.05, 0) is 26.0 Å². The van der Waals surface area contributed by atoms with Crippen molar-refractivity contribution in [2.24, 2.45) is 15.4 Å². The van der Waals surface area contributed by atoms with Crippen molar-refractivity contribution in [3.63, 3.8) is 0 Å². The summed E-state index contributed by atoms with van der Waals surface area (Å²) in [5.41, 5.74) is 0.407. The number of ether oxygens (including phenoxy) is 1. The summed E-state index contributed by atoms with van der Waals surface area (Å²) in [7, 11) is 0. The molecule has 0 spiro atoms. The fourth-order valence-electron chi connectivity index (χ4n) is 1.29. The Labute approximate surface area is 131 Å². The normalized spacial score (nSPS) is 12.8. The van der Waals surface area contributed by atoms with Crippen LogP contribution in [0.4, 0.5) is 0 Å². The molecule has 1 N–H and O–H groups in total. The first-order chi connectivity index (χ1) is 9.99. The summed E-state index contributed by atoms with van der Waals surface area (Å²) in [5.74, 6) is -0.777. The Balaban J connectivity index is 2.87. The van der Waals surface area contributed by atoms with Crippen LogP contribution in [0.2, 0.25) is 10.0 Å². The number of halogens is 2. The molecule has 0 unspecified atom stereocenters. The average molecular weight is 330 g/mol. The van der Waals surface area contributed by atoms with Gasteiger partial charge >= 0.3 is 5.97 Å². The molecular weight excluding hydrogens is 317 g/mol. The van der Waals surface area contributed by atoms with Crippen molar-refractivity contribution in [2.75, 3.05) is 6.61 Å². The highest BCUT2D eigenvalue weighted by molar-refractivity contribution is 6.65. The second-order valence-corrected chi connectivity index (χ2v) is 4.61. The van der Waals surface area contributed by atoms with Crippen molar-refractivity contribution in [3.8, 4) is 0 Å². The lowest BCUT2D eigenvalue weighted by Crippen LogP contribution is -2.24. The summed E-state index contributed by atoms with van der Waals surface area (Å²) >= 11 is 11.7. The van der Waals surface area contributed by atoms with Gasteiger partial charge in [0, 0.05) is 10.6 Å². The van der Waals surface area contributed by atoms with E-state index in [9.17, 15) is 4.79 Å². The van der Waals surface area contributed by atoms with Crippen LogP contribution in [-0.4, -0.2) is 35.4 Å². The van der Waals surface area contributed by atoms with Gasteiger partial charge in [0.1, 0.15) is 0 Å². The molecule has 8 heteroatoms. The molecule has 0 radical (unpaired) electrons. The molecule has 0 saturated carbocycles. The quantitative estimate of drug-likeness (QED) is 0.389. The van der Waals surface area contributed by atoms with Crippen LogP contribution in [0.3, 0.4) is 0 Å². The zero-order valence-corrected chi connectivity index (χ0v) is 12.9. The van der Waals surface area contributed by atoms with Gasteiger partial charge in [-0.1, -0.05) is 34.4 Å². The molecule has 0 aliphatic heterocycles. The molecule has 112 valence electrons. The van der Waals surface area contributed by atoms with Crippen LogP contribution in [0, 0.1) is 0 Å². The molecule has 0 saturated heterocycles. The minimum absolute atomic E-state index is 0.109. The third-order valence-corrected chi connectivity index (χ3v) is 2.84. The zero-order valence-electron chi connectivity index (χ0n) is 11.4. The molecule has 0 fully saturated rings. The third-order valence-electron chi connectivity index (χ3n) is 2.28. The monoisotopic (exact) mass is 329 g/mol. The van der Waals surface area contributed by atoms with E-state index >= 15 is 0 Å². The largest absolute Gasteiger partial charge is 0.461 e. The number of carbonyl (C=O) groups is 1. The van der Waals surface area contributed by atoms with Crippen molar-refractivity contribution in [2.45, 2.75) is 13.8 Å². The molecule has 1 aromatic rings. The van der Waals surface area contributed by atoms with E-state index in [2.05, 4.69) is 15.4 Å². The molecule has 0 heterocycles. The number of hydrogen-bond donors (Lipinski definition) is 1. The number of benzene rings is 1. The Hall–Kier alpha value is -1.92. The van der Waals surface area contributed by atoms with E-state index < -0.39 is 5.97 Å². The standard InChI is InChI=1S/C13H13Cl2N3O3/c1-3-21-13(19)12(18-20)8(2)17-16-7-9-4-5-10(14)6-11(9)15/h4-7,20H,3H2,1-2H3/b16-7+,17-8-,18-12-. The lowest BCUT2D eigenvalue weighted by atomic mass is 10.2. The van der Waals surface area contributed by atoms with Crippen LogP contribution < -0.4 is 0 Å². The van der Waals surface area contributed by atoms with Gasteiger partial charge in [-0.3, -0.25) is 0 Å². The summed E-state index contributed by atoms with van der Waals surface area (Å²) in [6.45, 7) is 3.27. The minimum atomic E-state index is -0.777. The van der Waals surface area contributed by atoms with Crippen molar-refractivity contribution >= 4 is 46.8 Å². The Morgan fingerprint density at radius 2 is 2.14 bits per heavy atom. The fourth-order valence-corrected chi connectivity index (χ4v) is 1.75. The van der Waals surface area contributed by atoms with Crippen molar-refractivity contribution in [1.29, 1.82) is 0 Å². The lowest BCUT2D eigenvalue weighted by molar-refractivity contribution is -0.134. The molecular formula is C13H13Cl2N3O3. The average Bonchev–Trinajstić information content (AvgIpc) is 2.42. The number of esters is 1. The topological polar surface area (TPSA) is 83.6 Å². The van der Waals surface area contributed by atoms with E-state index in [0.29, 0.717) is 15.6 Å².